The fraction of sp³-hybridized carbons (Fsp3) is 0.727. The molecule has 100 valence electrons. The van der Waals surface area contributed by atoms with Gasteiger partial charge in [-0.05, 0) is 19.8 Å². The Morgan fingerprint density at radius 1 is 1.56 bits per heavy atom. The smallest absolute Gasteiger partial charge is 0.360 e. The summed E-state index contributed by atoms with van der Waals surface area (Å²) in [4.78, 5) is 11.7. The van der Waals surface area contributed by atoms with E-state index in [-0.39, 0.29) is 18.3 Å². The van der Waals surface area contributed by atoms with Crippen molar-refractivity contribution in [3.8, 4) is 0 Å². The van der Waals surface area contributed by atoms with Crippen molar-refractivity contribution in [2.24, 2.45) is 5.73 Å². The van der Waals surface area contributed by atoms with Crippen molar-refractivity contribution in [3.05, 3.63) is 11.4 Å². The highest BCUT2D eigenvalue weighted by Gasteiger charge is 2.25. The SMILES string of the molecule is CCOC(=O)c1nnn(C2CCOCC2)c1CN. The highest BCUT2D eigenvalue weighted by atomic mass is 16.5. The van der Waals surface area contributed by atoms with Gasteiger partial charge in [-0.2, -0.15) is 0 Å². The van der Waals surface area contributed by atoms with E-state index in [2.05, 4.69) is 10.3 Å². The zero-order valence-corrected chi connectivity index (χ0v) is 10.5. The lowest BCUT2D eigenvalue weighted by Crippen LogP contribution is -2.23. The standard InChI is InChI=1S/C11H18N4O3/c1-2-18-11(16)10-9(7-12)15(14-13-10)8-3-5-17-6-4-8/h8H,2-7,12H2,1H3. The molecule has 0 radical (unpaired) electrons. The molecule has 1 aliphatic heterocycles. The van der Waals surface area contributed by atoms with E-state index in [1.807, 2.05) is 0 Å². The van der Waals surface area contributed by atoms with E-state index >= 15 is 0 Å². The van der Waals surface area contributed by atoms with Crippen molar-refractivity contribution in [3.63, 3.8) is 0 Å². The fourth-order valence-corrected chi connectivity index (χ4v) is 2.08. The van der Waals surface area contributed by atoms with E-state index in [4.69, 9.17) is 15.2 Å². The molecule has 0 saturated carbocycles. The number of carbonyl (C=O) groups is 1. The van der Waals surface area contributed by atoms with E-state index in [9.17, 15) is 4.79 Å². The summed E-state index contributed by atoms with van der Waals surface area (Å²) in [7, 11) is 0. The highest BCUT2D eigenvalue weighted by Crippen LogP contribution is 2.22. The van der Waals surface area contributed by atoms with Crippen LogP contribution in [0.1, 0.15) is 42.0 Å². The van der Waals surface area contributed by atoms with E-state index in [1.165, 1.54) is 0 Å². The van der Waals surface area contributed by atoms with Crippen LogP contribution in [0, 0.1) is 0 Å². The third-order valence-corrected chi connectivity index (χ3v) is 2.99. The monoisotopic (exact) mass is 254 g/mol. The molecule has 0 unspecified atom stereocenters. The Kier molecular flexibility index (Phi) is 4.27. The highest BCUT2D eigenvalue weighted by molar-refractivity contribution is 5.88. The number of aromatic nitrogens is 3. The Bertz CT molecular complexity index is 412. The number of esters is 1. The molecule has 1 aromatic rings. The summed E-state index contributed by atoms with van der Waals surface area (Å²) in [5.74, 6) is -0.462. The Labute approximate surface area is 105 Å². The molecule has 0 atom stereocenters. The quantitative estimate of drug-likeness (QED) is 0.775. The minimum absolute atomic E-state index is 0.202. The topological polar surface area (TPSA) is 92.3 Å². The van der Waals surface area contributed by atoms with Gasteiger partial charge in [-0.1, -0.05) is 5.21 Å². The lowest BCUT2D eigenvalue weighted by atomic mass is 10.1. The van der Waals surface area contributed by atoms with Crippen LogP contribution in [-0.4, -0.2) is 40.8 Å². The van der Waals surface area contributed by atoms with Gasteiger partial charge >= 0.3 is 5.97 Å². The van der Waals surface area contributed by atoms with Gasteiger partial charge in [-0.15, -0.1) is 5.10 Å². The van der Waals surface area contributed by atoms with Gasteiger partial charge in [0.1, 0.15) is 0 Å². The Hall–Kier alpha value is -1.47. The maximum Gasteiger partial charge on any atom is 0.360 e. The van der Waals surface area contributed by atoms with Crippen molar-refractivity contribution in [1.29, 1.82) is 0 Å². The molecule has 0 spiro atoms. The van der Waals surface area contributed by atoms with Crippen molar-refractivity contribution < 1.29 is 14.3 Å². The van der Waals surface area contributed by atoms with Gasteiger partial charge in [0, 0.05) is 19.8 Å². The first-order valence-corrected chi connectivity index (χ1v) is 6.17. The van der Waals surface area contributed by atoms with Gasteiger partial charge in [0.2, 0.25) is 0 Å². The molecule has 2 heterocycles. The summed E-state index contributed by atoms with van der Waals surface area (Å²) in [6.07, 6.45) is 1.72. The summed E-state index contributed by atoms with van der Waals surface area (Å²) in [5.41, 5.74) is 6.56. The molecule has 0 aliphatic carbocycles. The zero-order chi connectivity index (χ0) is 13.0. The zero-order valence-electron chi connectivity index (χ0n) is 10.5. The first kappa shape index (κ1) is 13.0. The molecule has 18 heavy (non-hydrogen) atoms. The number of nitrogens with zero attached hydrogens (tertiary/aromatic N) is 3. The Morgan fingerprint density at radius 3 is 2.89 bits per heavy atom. The minimum atomic E-state index is -0.462. The summed E-state index contributed by atoms with van der Waals surface area (Å²) in [6, 6.07) is 0.202. The van der Waals surface area contributed by atoms with Crippen LogP contribution in [0.4, 0.5) is 0 Å². The van der Waals surface area contributed by atoms with E-state index < -0.39 is 5.97 Å². The van der Waals surface area contributed by atoms with Gasteiger partial charge < -0.3 is 15.2 Å². The number of hydrogen-bond acceptors (Lipinski definition) is 6. The molecule has 1 fully saturated rings. The Morgan fingerprint density at radius 2 is 2.28 bits per heavy atom. The van der Waals surface area contributed by atoms with Crippen LogP contribution in [0.25, 0.3) is 0 Å². The fourth-order valence-electron chi connectivity index (χ4n) is 2.08. The van der Waals surface area contributed by atoms with Gasteiger partial charge in [-0.3, -0.25) is 0 Å². The van der Waals surface area contributed by atoms with Crippen LogP contribution >= 0.6 is 0 Å². The summed E-state index contributed by atoms with van der Waals surface area (Å²) >= 11 is 0. The molecular weight excluding hydrogens is 236 g/mol. The molecule has 0 aromatic carbocycles. The third-order valence-electron chi connectivity index (χ3n) is 2.99. The third kappa shape index (κ3) is 2.51. The van der Waals surface area contributed by atoms with Crippen molar-refractivity contribution >= 4 is 5.97 Å². The average molecular weight is 254 g/mol. The average Bonchev–Trinajstić information content (AvgIpc) is 2.83. The van der Waals surface area contributed by atoms with Gasteiger partial charge in [0.05, 0.1) is 18.3 Å². The summed E-state index contributed by atoms with van der Waals surface area (Å²) < 4.78 is 12.0. The molecule has 1 aromatic heterocycles. The maximum atomic E-state index is 11.7. The summed E-state index contributed by atoms with van der Waals surface area (Å²) in [5, 5.41) is 7.94. The minimum Gasteiger partial charge on any atom is -0.461 e. The first-order chi connectivity index (χ1) is 8.77. The molecule has 2 N–H and O–H groups in total. The van der Waals surface area contributed by atoms with Gasteiger partial charge in [0.15, 0.2) is 5.69 Å². The van der Waals surface area contributed by atoms with Crippen molar-refractivity contribution in [1.82, 2.24) is 15.0 Å². The molecule has 2 rings (SSSR count). The van der Waals surface area contributed by atoms with Gasteiger partial charge in [0.25, 0.3) is 0 Å². The Balaban J connectivity index is 2.23. The second kappa shape index (κ2) is 5.92. The molecule has 1 saturated heterocycles. The second-order valence-corrected chi connectivity index (χ2v) is 4.10. The molecule has 0 amide bonds. The number of rotatable bonds is 4. The lowest BCUT2D eigenvalue weighted by molar-refractivity contribution is 0.0517. The van der Waals surface area contributed by atoms with Crippen LogP contribution in [0.5, 0.6) is 0 Å². The normalized spacial score (nSPS) is 16.8. The van der Waals surface area contributed by atoms with Crippen LogP contribution in [0.15, 0.2) is 0 Å². The number of ether oxygens (including phenoxy) is 2. The van der Waals surface area contributed by atoms with Crippen molar-refractivity contribution in [2.75, 3.05) is 19.8 Å². The first-order valence-electron chi connectivity index (χ1n) is 6.17. The number of nitrogens with two attached hydrogens (primary N) is 1. The molecule has 0 bridgehead atoms. The van der Waals surface area contributed by atoms with Crippen LogP contribution in [-0.2, 0) is 16.0 Å². The van der Waals surface area contributed by atoms with Gasteiger partial charge in [-0.25, -0.2) is 9.48 Å². The van der Waals surface area contributed by atoms with E-state index in [0.29, 0.717) is 25.5 Å². The van der Waals surface area contributed by atoms with E-state index in [0.717, 1.165) is 12.8 Å². The largest absolute Gasteiger partial charge is 0.461 e. The predicted octanol–water partition coefficient (Wildman–Crippen LogP) is 0.265. The number of carbonyl (C=O) groups excluding carboxylic acids is 1. The van der Waals surface area contributed by atoms with Crippen LogP contribution in [0.2, 0.25) is 0 Å². The predicted molar refractivity (Wildman–Crippen MR) is 63.0 cm³/mol. The maximum absolute atomic E-state index is 11.7. The molecular formula is C11H18N4O3. The van der Waals surface area contributed by atoms with E-state index in [1.54, 1.807) is 11.6 Å². The number of hydrogen-bond donors (Lipinski definition) is 1. The summed E-state index contributed by atoms with van der Waals surface area (Å²) in [6.45, 7) is 3.68. The lowest BCUT2D eigenvalue weighted by Gasteiger charge is -2.23. The van der Waals surface area contributed by atoms with Crippen LogP contribution < -0.4 is 5.73 Å². The molecule has 1 aliphatic rings. The van der Waals surface area contributed by atoms with Crippen LogP contribution in [0.3, 0.4) is 0 Å². The second-order valence-electron chi connectivity index (χ2n) is 4.10. The molecule has 7 heteroatoms. The molecule has 7 nitrogen and oxygen atoms in total. The van der Waals surface area contributed by atoms with Crippen molar-refractivity contribution in [2.45, 2.75) is 32.4 Å².